The van der Waals surface area contributed by atoms with Gasteiger partial charge in [0.25, 0.3) is 0 Å². The second-order valence-electron chi connectivity index (χ2n) is 5.49. The lowest BCUT2D eigenvalue weighted by atomic mass is 9.84. The SMILES string of the molecule is CC(C)c1ccc(C(N)C(CN)C(C)C)cc1. The summed E-state index contributed by atoms with van der Waals surface area (Å²) in [5.74, 6) is 1.43. The average molecular weight is 234 g/mol. The smallest absolute Gasteiger partial charge is 0.0338 e. The van der Waals surface area contributed by atoms with Gasteiger partial charge in [0.15, 0.2) is 0 Å². The monoisotopic (exact) mass is 234 g/mol. The Hall–Kier alpha value is -0.860. The molecule has 1 rings (SSSR count). The second-order valence-corrected chi connectivity index (χ2v) is 5.49. The molecule has 1 aromatic carbocycles. The summed E-state index contributed by atoms with van der Waals surface area (Å²) in [5.41, 5.74) is 14.7. The van der Waals surface area contributed by atoms with Gasteiger partial charge in [-0.25, -0.2) is 0 Å². The van der Waals surface area contributed by atoms with Crippen molar-refractivity contribution < 1.29 is 0 Å². The molecular formula is C15H26N2. The van der Waals surface area contributed by atoms with Gasteiger partial charge in [-0.15, -0.1) is 0 Å². The maximum absolute atomic E-state index is 6.30. The molecule has 0 saturated carbocycles. The van der Waals surface area contributed by atoms with Gasteiger partial charge in [0.1, 0.15) is 0 Å². The molecule has 4 N–H and O–H groups in total. The summed E-state index contributed by atoms with van der Waals surface area (Å²) in [6, 6.07) is 8.68. The van der Waals surface area contributed by atoms with Crippen LogP contribution in [0.25, 0.3) is 0 Å². The standard InChI is InChI=1S/C15H26N2/c1-10(2)12-5-7-13(8-6-12)15(17)14(9-16)11(3)4/h5-8,10-11,14-15H,9,16-17H2,1-4H3. The van der Waals surface area contributed by atoms with E-state index in [1.807, 2.05) is 0 Å². The van der Waals surface area contributed by atoms with E-state index in [9.17, 15) is 0 Å². The topological polar surface area (TPSA) is 52.0 Å². The molecule has 0 aliphatic rings. The van der Waals surface area contributed by atoms with Crippen molar-refractivity contribution in [3.05, 3.63) is 35.4 Å². The first-order valence-electron chi connectivity index (χ1n) is 6.52. The third kappa shape index (κ3) is 3.55. The summed E-state index contributed by atoms with van der Waals surface area (Å²) < 4.78 is 0. The zero-order valence-electron chi connectivity index (χ0n) is 11.5. The van der Waals surface area contributed by atoms with Gasteiger partial charge in [-0.1, -0.05) is 52.0 Å². The maximum Gasteiger partial charge on any atom is 0.0338 e. The first kappa shape index (κ1) is 14.2. The van der Waals surface area contributed by atoms with Crippen LogP contribution in [0.2, 0.25) is 0 Å². The minimum atomic E-state index is 0.0428. The Kier molecular flexibility index (Phi) is 5.16. The number of nitrogens with two attached hydrogens (primary N) is 2. The molecule has 0 heterocycles. The first-order valence-corrected chi connectivity index (χ1v) is 6.52. The van der Waals surface area contributed by atoms with Crippen LogP contribution in [0, 0.1) is 11.8 Å². The highest BCUT2D eigenvalue weighted by Gasteiger charge is 2.21. The molecule has 2 atom stereocenters. The van der Waals surface area contributed by atoms with E-state index in [0.29, 0.717) is 24.3 Å². The van der Waals surface area contributed by atoms with Crippen molar-refractivity contribution in [2.75, 3.05) is 6.54 Å². The molecule has 17 heavy (non-hydrogen) atoms. The fourth-order valence-electron chi connectivity index (χ4n) is 2.18. The van der Waals surface area contributed by atoms with E-state index in [2.05, 4.69) is 52.0 Å². The molecule has 0 saturated heterocycles. The van der Waals surface area contributed by atoms with Crippen LogP contribution in [0.5, 0.6) is 0 Å². The molecule has 1 aromatic rings. The molecule has 0 aliphatic carbocycles. The van der Waals surface area contributed by atoms with Crippen molar-refractivity contribution in [2.24, 2.45) is 23.3 Å². The predicted molar refractivity (Wildman–Crippen MR) is 74.8 cm³/mol. The van der Waals surface area contributed by atoms with Gasteiger partial charge in [0.05, 0.1) is 0 Å². The zero-order chi connectivity index (χ0) is 13.0. The molecule has 2 nitrogen and oxygen atoms in total. The molecule has 0 radical (unpaired) electrons. The van der Waals surface area contributed by atoms with Gasteiger partial charge in [-0.3, -0.25) is 0 Å². The Morgan fingerprint density at radius 2 is 1.41 bits per heavy atom. The molecule has 0 spiro atoms. The molecule has 0 aliphatic heterocycles. The molecule has 2 unspecified atom stereocenters. The Morgan fingerprint density at radius 3 is 1.76 bits per heavy atom. The largest absolute Gasteiger partial charge is 0.330 e. The number of hydrogen-bond acceptors (Lipinski definition) is 2. The van der Waals surface area contributed by atoms with Gasteiger partial charge in [-0.05, 0) is 35.4 Å². The number of rotatable bonds is 5. The number of benzene rings is 1. The zero-order valence-corrected chi connectivity index (χ0v) is 11.5. The van der Waals surface area contributed by atoms with E-state index in [-0.39, 0.29) is 6.04 Å². The van der Waals surface area contributed by atoms with Crippen LogP contribution in [0.3, 0.4) is 0 Å². The summed E-state index contributed by atoms with van der Waals surface area (Å²) >= 11 is 0. The quantitative estimate of drug-likeness (QED) is 0.822. The summed E-state index contributed by atoms with van der Waals surface area (Å²) in [4.78, 5) is 0. The van der Waals surface area contributed by atoms with E-state index in [4.69, 9.17) is 11.5 Å². The third-order valence-electron chi connectivity index (χ3n) is 3.58. The first-order chi connectivity index (χ1) is 7.97. The minimum Gasteiger partial charge on any atom is -0.330 e. The predicted octanol–water partition coefficient (Wildman–Crippen LogP) is 3.04. The maximum atomic E-state index is 6.30. The fraction of sp³-hybridized carbons (Fsp3) is 0.600. The van der Waals surface area contributed by atoms with E-state index in [0.717, 1.165) is 0 Å². The normalized spacial score (nSPS) is 15.3. The minimum absolute atomic E-state index is 0.0428. The van der Waals surface area contributed by atoms with E-state index in [1.54, 1.807) is 0 Å². The lowest BCUT2D eigenvalue weighted by Gasteiger charge is -2.26. The van der Waals surface area contributed by atoms with E-state index in [1.165, 1.54) is 11.1 Å². The van der Waals surface area contributed by atoms with Crippen molar-refractivity contribution in [2.45, 2.75) is 39.7 Å². The summed E-state index contributed by atoms with van der Waals surface area (Å²) in [5, 5.41) is 0. The summed E-state index contributed by atoms with van der Waals surface area (Å²) in [6.45, 7) is 9.40. The Morgan fingerprint density at radius 1 is 0.941 bits per heavy atom. The fourth-order valence-corrected chi connectivity index (χ4v) is 2.18. The average Bonchev–Trinajstić information content (AvgIpc) is 2.29. The molecule has 0 bridgehead atoms. The van der Waals surface area contributed by atoms with Gasteiger partial charge in [0, 0.05) is 6.04 Å². The van der Waals surface area contributed by atoms with E-state index >= 15 is 0 Å². The highest BCUT2D eigenvalue weighted by Crippen LogP contribution is 2.26. The Balaban J connectivity index is 2.85. The van der Waals surface area contributed by atoms with Crippen LogP contribution in [0.15, 0.2) is 24.3 Å². The van der Waals surface area contributed by atoms with Crippen LogP contribution in [-0.2, 0) is 0 Å². The van der Waals surface area contributed by atoms with Crippen molar-refractivity contribution in [1.29, 1.82) is 0 Å². The molecule has 0 amide bonds. The highest BCUT2D eigenvalue weighted by atomic mass is 14.7. The Bertz CT molecular complexity index is 327. The van der Waals surface area contributed by atoms with Gasteiger partial charge in [0.2, 0.25) is 0 Å². The van der Waals surface area contributed by atoms with Gasteiger partial charge < -0.3 is 11.5 Å². The van der Waals surface area contributed by atoms with Crippen molar-refractivity contribution in [3.8, 4) is 0 Å². The van der Waals surface area contributed by atoms with Crippen molar-refractivity contribution in [3.63, 3.8) is 0 Å². The van der Waals surface area contributed by atoms with Crippen molar-refractivity contribution >= 4 is 0 Å². The highest BCUT2D eigenvalue weighted by molar-refractivity contribution is 5.27. The molecule has 0 fully saturated rings. The third-order valence-corrected chi connectivity index (χ3v) is 3.58. The molecule has 0 aromatic heterocycles. The molecular weight excluding hydrogens is 208 g/mol. The number of hydrogen-bond donors (Lipinski definition) is 2. The van der Waals surface area contributed by atoms with Gasteiger partial charge in [-0.2, -0.15) is 0 Å². The van der Waals surface area contributed by atoms with Crippen LogP contribution in [-0.4, -0.2) is 6.54 Å². The summed E-state index contributed by atoms with van der Waals surface area (Å²) in [6.07, 6.45) is 0. The lowest BCUT2D eigenvalue weighted by molar-refractivity contribution is 0.331. The van der Waals surface area contributed by atoms with Crippen LogP contribution < -0.4 is 11.5 Å². The van der Waals surface area contributed by atoms with Crippen LogP contribution in [0.1, 0.15) is 50.8 Å². The lowest BCUT2D eigenvalue weighted by Crippen LogP contribution is -2.31. The second kappa shape index (κ2) is 6.18. The van der Waals surface area contributed by atoms with Crippen molar-refractivity contribution in [1.82, 2.24) is 0 Å². The molecule has 96 valence electrons. The summed E-state index contributed by atoms with van der Waals surface area (Å²) in [7, 11) is 0. The van der Waals surface area contributed by atoms with Crippen LogP contribution >= 0.6 is 0 Å². The van der Waals surface area contributed by atoms with Gasteiger partial charge >= 0.3 is 0 Å². The molecule has 2 heteroatoms. The van der Waals surface area contributed by atoms with E-state index < -0.39 is 0 Å². The van der Waals surface area contributed by atoms with Crippen LogP contribution in [0.4, 0.5) is 0 Å². The Labute approximate surface area is 105 Å².